The smallest absolute Gasteiger partial charge is 0.337 e. The van der Waals surface area contributed by atoms with E-state index in [1.807, 2.05) is 6.92 Å². The molecule has 1 aromatic rings. The van der Waals surface area contributed by atoms with Gasteiger partial charge in [-0.15, -0.1) is 0 Å². The second-order valence-electron chi connectivity index (χ2n) is 3.13. The molecule has 0 amide bonds. The number of likely N-dealkylation sites (N-methyl/N-ethyl adjacent to an activating group) is 1. The fourth-order valence-electron chi connectivity index (χ4n) is 1.32. The van der Waals surface area contributed by atoms with Crippen molar-refractivity contribution in [3.05, 3.63) is 22.8 Å². The molecule has 0 spiro atoms. The molecule has 1 aromatic heterocycles. The number of carboxylic acids is 1. The first-order valence-electron chi connectivity index (χ1n) is 4.84. The lowest BCUT2D eigenvalue weighted by Gasteiger charge is -2.21. The summed E-state index contributed by atoms with van der Waals surface area (Å²) >= 11 is 5.70. The Morgan fingerprint density at radius 2 is 2.31 bits per heavy atom. The molecule has 0 aliphatic rings. The van der Waals surface area contributed by atoms with Gasteiger partial charge in [-0.25, -0.2) is 9.78 Å². The van der Waals surface area contributed by atoms with Crippen LogP contribution in [0.15, 0.2) is 12.3 Å². The molecule has 0 bridgehead atoms. The van der Waals surface area contributed by atoms with Crippen molar-refractivity contribution in [1.29, 1.82) is 0 Å². The highest BCUT2D eigenvalue weighted by atomic mass is 35.5. The van der Waals surface area contributed by atoms with Crippen LogP contribution in [0.25, 0.3) is 0 Å². The lowest BCUT2D eigenvalue weighted by molar-refractivity contribution is 0.0697. The third-order valence-corrected chi connectivity index (χ3v) is 2.45. The molecular formula is C10H13ClN2O3. The lowest BCUT2D eigenvalue weighted by atomic mass is 10.2. The summed E-state index contributed by atoms with van der Waals surface area (Å²) in [5, 5.41) is 17.9. The van der Waals surface area contributed by atoms with E-state index < -0.39 is 5.97 Å². The minimum Gasteiger partial charge on any atom is -0.478 e. The van der Waals surface area contributed by atoms with Gasteiger partial charge in [0.1, 0.15) is 5.82 Å². The Kier molecular flexibility index (Phi) is 4.52. The van der Waals surface area contributed by atoms with E-state index in [0.717, 1.165) is 0 Å². The fourth-order valence-corrected chi connectivity index (χ4v) is 1.50. The molecule has 0 saturated heterocycles. The van der Waals surface area contributed by atoms with Crippen molar-refractivity contribution in [2.45, 2.75) is 6.92 Å². The summed E-state index contributed by atoms with van der Waals surface area (Å²) in [5.74, 6) is -0.591. The number of rotatable bonds is 5. The van der Waals surface area contributed by atoms with Gasteiger partial charge in [-0.2, -0.15) is 0 Å². The maximum atomic E-state index is 10.9. The van der Waals surface area contributed by atoms with Gasteiger partial charge in [-0.3, -0.25) is 0 Å². The van der Waals surface area contributed by atoms with Crippen molar-refractivity contribution in [2.75, 3.05) is 24.6 Å². The average molecular weight is 245 g/mol. The van der Waals surface area contributed by atoms with Crippen LogP contribution in [0, 0.1) is 0 Å². The first kappa shape index (κ1) is 12.7. The van der Waals surface area contributed by atoms with Crippen LogP contribution in [-0.2, 0) is 0 Å². The summed E-state index contributed by atoms with van der Waals surface area (Å²) in [6.07, 6.45) is 1.31. The monoisotopic (exact) mass is 244 g/mol. The van der Waals surface area contributed by atoms with Crippen LogP contribution in [-0.4, -0.2) is 40.9 Å². The molecule has 1 rings (SSSR count). The molecule has 0 radical (unpaired) electrons. The van der Waals surface area contributed by atoms with Crippen molar-refractivity contribution >= 4 is 23.4 Å². The number of pyridine rings is 1. The quantitative estimate of drug-likeness (QED) is 0.816. The van der Waals surface area contributed by atoms with Gasteiger partial charge in [0.2, 0.25) is 0 Å². The lowest BCUT2D eigenvalue weighted by Crippen LogP contribution is -2.27. The third-order valence-electron chi connectivity index (χ3n) is 2.15. The molecule has 0 atom stereocenters. The van der Waals surface area contributed by atoms with Crippen molar-refractivity contribution in [2.24, 2.45) is 0 Å². The van der Waals surface area contributed by atoms with E-state index in [1.165, 1.54) is 12.3 Å². The summed E-state index contributed by atoms with van der Waals surface area (Å²) < 4.78 is 0. The van der Waals surface area contributed by atoms with E-state index in [9.17, 15) is 4.79 Å². The highest BCUT2D eigenvalue weighted by molar-refractivity contribution is 6.33. The Labute approximate surface area is 98.3 Å². The maximum Gasteiger partial charge on any atom is 0.337 e. The van der Waals surface area contributed by atoms with Crippen molar-refractivity contribution in [1.82, 2.24) is 4.98 Å². The van der Waals surface area contributed by atoms with E-state index >= 15 is 0 Å². The number of nitrogens with zero attached hydrogens (tertiary/aromatic N) is 2. The normalized spacial score (nSPS) is 10.2. The molecule has 2 N–H and O–H groups in total. The Hall–Kier alpha value is -1.33. The number of carboxylic acid groups (broad SMARTS) is 1. The molecule has 0 fully saturated rings. The van der Waals surface area contributed by atoms with E-state index in [1.54, 1.807) is 4.90 Å². The van der Waals surface area contributed by atoms with Crippen LogP contribution >= 0.6 is 11.6 Å². The second-order valence-corrected chi connectivity index (χ2v) is 3.54. The topological polar surface area (TPSA) is 73.7 Å². The molecule has 0 unspecified atom stereocenters. The van der Waals surface area contributed by atoms with Crippen LogP contribution in [0.5, 0.6) is 0 Å². The van der Waals surface area contributed by atoms with E-state index in [2.05, 4.69) is 4.98 Å². The largest absolute Gasteiger partial charge is 0.478 e. The number of aromatic nitrogens is 1. The average Bonchev–Trinajstić information content (AvgIpc) is 2.26. The van der Waals surface area contributed by atoms with Gasteiger partial charge in [0, 0.05) is 19.3 Å². The Bertz CT molecular complexity index is 384. The highest BCUT2D eigenvalue weighted by Gasteiger charge is 2.13. The van der Waals surface area contributed by atoms with Gasteiger partial charge < -0.3 is 15.1 Å². The molecule has 6 heteroatoms. The zero-order valence-corrected chi connectivity index (χ0v) is 9.61. The predicted octanol–water partition coefficient (Wildman–Crippen LogP) is 1.25. The zero-order valence-electron chi connectivity index (χ0n) is 8.85. The number of aromatic carboxylic acids is 1. The molecule has 5 nitrogen and oxygen atoms in total. The van der Waals surface area contributed by atoms with Gasteiger partial charge >= 0.3 is 5.97 Å². The molecule has 1 heterocycles. The van der Waals surface area contributed by atoms with Crippen molar-refractivity contribution in [3.63, 3.8) is 0 Å². The summed E-state index contributed by atoms with van der Waals surface area (Å²) in [7, 11) is 0. The zero-order chi connectivity index (χ0) is 12.1. The van der Waals surface area contributed by atoms with E-state index in [4.69, 9.17) is 21.8 Å². The molecule has 16 heavy (non-hydrogen) atoms. The SMILES string of the molecule is CCN(CCO)c1cc(C(=O)O)c(Cl)cn1. The van der Waals surface area contributed by atoms with Gasteiger partial charge in [0.05, 0.1) is 17.2 Å². The van der Waals surface area contributed by atoms with Crippen LogP contribution in [0.3, 0.4) is 0 Å². The van der Waals surface area contributed by atoms with Crippen LogP contribution in [0.4, 0.5) is 5.82 Å². The van der Waals surface area contributed by atoms with Gasteiger partial charge in [-0.05, 0) is 13.0 Å². The molecule has 0 aliphatic carbocycles. The minimum absolute atomic E-state index is 0.0133. The molecule has 0 aliphatic heterocycles. The van der Waals surface area contributed by atoms with Gasteiger partial charge in [0.25, 0.3) is 0 Å². The first-order valence-corrected chi connectivity index (χ1v) is 5.22. The van der Waals surface area contributed by atoms with Crippen LogP contribution in [0.2, 0.25) is 5.02 Å². The van der Waals surface area contributed by atoms with Crippen LogP contribution < -0.4 is 4.90 Å². The summed E-state index contributed by atoms with van der Waals surface area (Å²) in [4.78, 5) is 16.7. The molecular weight excluding hydrogens is 232 g/mol. The first-order chi connectivity index (χ1) is 7.60. The van der Waals surface area contributed by atoms with Crippen molar-refractivity contribution in [3.8, 4) is 0 Å². The molecule has 0 aromatic carbocycles. The summed E-state index contributed by atoms with van der Waals surface area (Å²) in [6.45, 7) is 2.92. The summed E-state index contributed by atoms with van der Waals surface area (Å²) in [5.41, 5.74) is 0.0167. The minimum atomic E-state index is -1.09. The second kappa shape index (κ2) is 5.67. The number of aliphatic hydroxyl groups excluding tert-OH is 1. The number of hydrogen-bond acceptors (Lipinski definition) is 4. The van der Waals surface area contributed by atoms with E-state index in [-0.39, 0.29) is 17.2 Å². The number of aliphatic hydroxyl groups is 1. The molecule has 0 saturated carbocycles. The van der Waals surface area contributed by atoms with Gasteiger partial charge in [-0.1, -0.05) is 11.6 Å². The van der Waals surface area contributed by atoms with E-state index in [0.29, 0.717) is 18.9 Å². The fraction of sp³-hybridized carbons (Fsp3) is 0.400. The van der Waals surface area contributed by atoms with Crippen molar-refractivity contribution < 1.29 is 15.0 Å². The predicted molar refractivity (Wildman–Crippen MR) is 61.2 cm³/mol. The Balaban J connectivity index is 3.05. The molecule has 88 valence electrons. The summed E-state index contributed by atoms with van der Waals surface area (Å²) in [6, 6.07) is 1.41. The third kappa shape index (κ3) is 2.84. The number of carbonyl (C=O) groups is 1. The maximum absolute atomic E-state index is 10.9. The Morgan fingerprint density at radius 3 is 2.81 bits per heavy atom. The van der Waals surface area contributed by atoms with Gasteiger partial charge in [0.15, 0.2) is 0 Å². The Morgan fingerprint density at radius 1 is 1.62 bits per heavy atom. The standard InChI is InChI=1S/C10H13ClN2O3/c1-2-13(3-4-14)9-5-7(10(15)16)8(11)6-12-9/h5-6,14H,2-4H2,1H3,(H,15,16). The number of hydrogen-bond donors (Lipinski definition) is 2. The number of anilines is 1. The number of halogens is 1. The highest BCUT2D eigenvalue weighted by Crippen LogP contribution is 2.20. The van der Waals surface area contributed by atoms with Crippen LogP contribution in [0.1, 0.15) is 17.3 Å².